The number of nitrogens with one attached hydrogen (secondary N) is 1. The third kappa shape index (κ3) is 3.04. The molecule has 3 nitrogen and oxygen atoms in total. The lowest BCUT2D eigenvalue weighted by Gasteiger charge is -2.37. The number of hydrogen-bond donors (Lipinski definition) is 1. The van der Waals surface area contributed by atoms with Gasteiger partial charge >= 0.3 is 12.4 Å². The maximum absolute atomic E-state index is 13.5. The van der Waals surface area contributed by atoms with E-state index in [0.29, 0.717) is 0 Å². The Morgan fingerprint density at radius 1 is 1.12 bits per heavy atom. The van der Waals surface area contributed by atoms with E-state index in [-0.39, 0.29) is 15.6 Å². The molecule has 2 rings (SSSR count). The fraction of sp³-hybridized carbons (Fsp3) is 0.286. The van der Waals surface area contributed by atoms with Crippen LogP contribution in [0.3, 0.4) is 0 Å². The Kier molecular flexibility index (Phi) is 4.74. The van der Waals surface area contributed by atoms with Crippen LogP contribution in [0.25, 0.3) is 0 Å². The topological polar surface area (TPSA) is 48.2 Å². The Labute approximate surface area is 147 Å². The molecule has 1 aliphatic heterocycles. The van der Waals surface area contributed by atoms with Crippen LogP contribution in [-0.2, 0) is 0 Å². The Morgan fingerprint density at radius 3 is 2.12 bits per heavy atom. The molecule has 0 atom stereocenters. The minimum absolute atomic E-state index is 0.132. The summed E-state index contributed by atoms with van der Waals surface area (Å²) in [6, 6.07) is 4.47. The molecule has 0 fully saturated rings. The van der Waals surface area contributed by atoms with Crippen molar-refractivity contribution in [2.75, 3.05) is 0 Å². The number of nitrogens with zero attached hydrogens (tertiary/aromatic N) is 2. The van der Waals surface area contributed by atoms with Gasteiger partial charge in [-0.25, -0.2) is 4.99 Å². The number of nitriles is 1. The van der Waals surface area contributed by atoms with Crippen LogP contribution in [0.1, 0.15) is 12.5 Å². The molecule has 25 heavy (non-hydrogen) atoms. The second-order valence-corrected chi connectivity index (χ2v) is 5.87. The SMILES string of the molecule is CC1=C(C#N)C(C(F)(F)F)(C(F)(F)F)N=C(c2ccc(Cl)cc2Cl)N1. The molecule has 134 valence electrons. The largest absolute Gasteiger partial charge is 0.427 e. The van der Waals surface area contributed by atoms with E-state index in [1.54, 1.807) is 0 Å². The standard InChI is InChI=1S/C14H7Cl2F6N3/c1-6-9(5-23)12(13(17,18)19,14(20,21)22)25-11(24-6)8-3-2-7(15)4-10(8)16/h2-4H,1H3,(H,24,25). The molecule has 11 heteroatoms. The van der Waals surface area contributed by atoms with Crippen molar-refractivity contribution in [3.8, 4) is 6.07 Å². The first kappa shape index (κ1) is 19.4. The predicted molar refractivity (Wildman–Crippen MR) is 79.3 cm³/mol. The summed E-state index contributed by atoms with van der Waals surface area (Å²) in [6.07, 6.45) is -11.8. The highest BCUT2D eigenvalue weighted by Crippen LogP contribution is 2.52. The summed E-state index contributed by atoms with van der Waals surface area (Å²) in [5.74, 6) is -0.771. The molecular formula is C14H7Cl2F6N3. The summed E-state index contributed by atoms with van der Waals surface area (Å²) in [4.78, 5) is 2.87. The normalized spacial score (nSPS) is 17.7. The number of amidine groups is 1. The third-order valence-corrected chi connectivity index (χ3v) is 3.99. The molecule has 1 aromatic rings. The van der Waals surface area contributed by atoms with E-state index in [1.165, 1.54) is 6.07 Å². The number of benzene rings is 1. The summed E-state index contributed by atoms with van der Waals surface area (Å²) in [5, 5.41) is 11.1. The van der Waals surface area contributed by atoms with Crippen molar-refractivity contribution in [3.05, 3.63) is 45.1 Å². The summed E-state index contributed by atoms with van der Waals surface area (Å²) in [6.45, 7) is 0.920. The molecule has 0 unspecified atom stereocenters. The first-order valence-electron chi connectivity index (χ1n) is 6.42. The van der Waals surface area contributed by atoms with E-state index in [4.69, 9.17) is 28.5 Å². The molecule has 0 aromatic heterocycles. The molecule has 1 heterocycles. The van der Waals surface area contributed by atoms with Gasteiger partial charge in [0.2, 0.25) is 0 Å². The number of halogens is 8. The molecule has 1 aliphatic rings. The summed E-state index contributed by atoms with van der Waals surface area (Å²) < 4.78 is 80.8. The zero-order valence-electron chi connectivity index (χ0n) is 12.2. The van der Waals surface area contributed by atoms with Crippen molar-refractivity contribution >= 4 is 29.0 Å². The van der Waals surface area contributed by atoms with E-state index in [0.717, 1.165) is 25.1 Å². The van der Waals surface area contributed by atoms with Crippen molar-refractivity contribution < 1.29 is 26.3 Å². The molecule has 0 saturated heterocycles. The molecule has 1 aromatic carbocycles. The van der Waals surface area contributed by atoms with Gasteiger partial charge in [-0.15, -0.1) is 0 Å². The molecule has 0 amide bonds. The first-order chi connectivity index (χ1) is 11.3. The second-order valence-electron chi connectivity index (χ2n) is 5.03. The van der Waals surface area contributed by atoms with E-state index in [1.807, 2.05) is 0 Å². The minimum atomic E-state index is -5.90. The van der Waals surface area contributed by atoms with Gasteiger partial charge in [0.1, 0.15) is 5.84 Å². The molecule has 0 saturated carbocycles. The van der Waals surface area contributed by atoms with Gasteiger partial charge in [0, 0.05) is 16.3 Å². The molecule has 0 spiro atoms. The lowest BCUT2D eigenvalue weighted by atomic mass is 9.86. The van der Waals surface area contributed by atoms with Crippen LogP contribution >= 0.6 is 23.2 Å². The first-order valence-corrected chi connectivity index (χ1v) is 7.18. The number of rotatable bonds is 1. The van der Waals surface area contributed by atoms with Gasteiger partial charge in [-0.05, 0) is 25.1 Å². The quantitative estimate of drug-likeness (QED) is 0.672. The van der Waals surface area contributed by atoms with Gasteiger partial charge in [-0.1, -0.05) is 23.2 Å². The summed E-state index contributed by atoms with van der Waals surface area (Å²) in [7, 11) is 0. The van der Waals surface area contributed by atoms with Crippen LogP contribution in [0.5, 0.6) is 0 Å². The lowest BCUT2D eigenvalue weighted by Crippen LogP contribution is -2.60. The van der Waals surface area contributed by atoms with Gasteiger partial charge in [0.05, 0.1) is 16.7 Å². The highest BCUT2D eigenvalue weighted by atomic mass is 35.5. The highest BCUT2D eigenvalue weighted by Gasteiger charge is 2.75. The Bertz CT molecular complexity index is 803. The fourth-order valence-corrected chi connectivity index (χ4v) is 2.81. The van der Waals surface area contributed by atoms with E-state index in [9.17, 15) is 26.3 Å². The van der Waals surface area contributed by atoms with Crippen molar-refractivity contribution in [1.29, 1.82) is 5.26 Å². The van der Waals surface area contributed by atoms with E-state index in [2.05, 4.69) is 10.3 Å². The Morgan fingerprint density at radius 2 is 1.68 bits per heavy atom. The predicted octanol–water partition coefficient (Wildman–Crippen LogP) is 5.00. The van der Waals surface area contributed by atoms with Crippen molar-refractivity contribution in [2.24, 2.45) is 4.99 Å². The van der Waals surface area contributed by atoms with Crippen molar-refractivity contribution in [2.45, 2.75) is 24.8 Å². The zero-order valence-corrected chi connectivity index (χ0v) is 13.7. The molecule has 1 N–H and O–H groups in total. The Hall–Kier alpha value is -1.92. The number of alkyl halides is 6. The number of aliphatic imine (C=N–C) groups is 1. The molecular weight excluding hydrogens is 395 g/mol. The van der Waals surface area contributed by atoms with Crippen LogP contribution < -0.4 is 5.32 Å². The van der Waals surface area contributed by atoms with Crippen LogP contribution in [0, 0.1) is 11.3 Å². The maximum Gasteiger partial charge on any atom is 0.427 e. The monoisotopic (exact) mass is 401 g/mol. The molecule has 0 bridgehead atoms. The third-order valence-electron chi connectivity index (χ3n) is 3.44. The van der Waals surface area contributed by atoms with Gasteiger partial charge in [-0.3, -0.25) is 0 Å². The van der Waals surface area contributed by atoms with Gasteiger partial charge in [0.15, 0.2) is 0 Å². The van der Waals surface area contributed by atoms with Crippen LogP contribution in [0.2, 0.25) is 10.0 Å². The van der Waals surface area contributed by atoms with Crippen LogP contribution in [0.4, 0.5) is 26.3 Å². The van der Waals surface area contributed by atoms with Gasteiger partial charge < -0.3 is 5.32 Å². The molecule has 0 radical (unpaired) electrons. The summed E-state index contributed by atoms with van der Waals surface area (Å²) >= 11 is 11.5. The van der Waals surface area contributed by atoms with Crippen molar-refractivity contribution in [1.82, 2.24) is 5.32 Å². The zero-order chi connectivity index (χ0) is 19.2. The van der Waals surface area contributed by atoms with Crippen molar-refractivity contribution in [3.63, 3.8) is 0 Å². The number of allylic oxidation sites excluding steroid dienone is 1. The fourth-order valence-electron chi connectivity index (χ4n) is 2.31. The number of hydrogen-bond acceptors (Lipinski definition) is 3. The maximum atomic E-state index is 13.5. The Balaban J connectivity index is 2.84. The van der Waals surface area contributed by atoms with Gasteiger partial charge in [-0.2, -0.15) is 31.6 Å². The van der Waals surface area contributed by atoms with Crippen LogP contribution in [0.15, 0.2) is 34.5 Å². The van der Waals surface area contributed by atoms with E-state index >= 15 is 0 Å². The molecule has 0 aliphatic carbocycles. The smallest absolute Gasteiger partial charge is 0.343 e. The van der Waals surface area contributed by atoms with Gasteiger partial charge in [0.25, 0.3) is 5.54 Å². The minimum Gasteiger partial charge on any atom is -0.343 e. The average molecular weight is 402 g/mol. The van der Waals surface area contributed by atoms with E-state index < -0.39 is 35.0 Å². The summed E-state index contributed by atoms with van der Waals surface area (Å²) in [5.41, 5.74) is -7.13. The lowest BCUT2D eigenvalue weighted by molar-refractivity contribution is -0.281. The highest BCUT2D eigenvalue weighted by molar-refractivity contribution is 6.37. The van der Waals surface area contributed by atoms with Crippen LogP contribution in [-0.4, -0.2) is 23.7 Å². The average Bonchev–Trinajstić information content (AvgIpc) is 2.43. The second kappa shape index (κ2) is 6.11.